The third-order valence-electron chi connectivity index (χ3n) is 5.95. The van der Waals surface area contributed by atoms with E-state index in [4.69, 9.17) is 0 Å². The Bertz CT molecular complexity index is 991. The molecule has 0 aliphatic carbocycles. The highest BCUT2D eigenvalue weighted by Gasteiger charge is 2.37. The Kier molecular flexibility index (Phi) is 8.85. The Labute approximate surface area is 200 Å². The summed E-state index contributed by atoms with van der Waals surface area (Å²) in [6, 6.07) is 18.9. The molecule has 0 aromatic heterocycles. The molecule has 1 saturated heterocycles. The number of hydrogen-bond acceptors (Lipinski definition) is 3. The number of carboxylic acid groups (broad SMARTS) is 1. The molecule has 0 saturated carbocycles. The van der Waals surface area contributed by atoms with E-state index in [-0.39, 0.29) is 30.8 Å². The molecule has 34 heavy (non-hydrogen) atoms. The number of benzene rings is 2. The number of amides is 3. The van der Waals surface area contributed by atoms with Crippen molar-refractivity contribution in [3.8, 4) is 0 Å². The molecule has 1 aliphatic rings. The summed E-state index contributed by atoms with van der Waals surface area (Å²) < 4.78 is 0. The molecule has 7 nitrogen and oxygen atoms in total. The topological polar surface area (TPSA) is 98.7 Å². The van der Waals surface area contributed by atoms with Crippen molar-refractivity contribution in [3.63, 3.8) is 0 Å². The zero-order chi connectivity index (χ0) is 24.5. The molecule has 1 fully saturated rings. The molecule has 7 heteroatoms. The quantitative estimate of drug-likeness (QED) is 0.467. The average molecular weight is 464 g/mol. The largest absolute Gasteiger partial charge is 0.481 e. The lowest BCUT2D eigenvalue weighted by Crippen LogP contribution is -2.50. The fraction of sp³-hybridized carbons (Fsp3) is 0.370. The fourth-order valence-electron chi connectivity index (χ4n) is 4.21. The molecule has 0 bridgehead atoms. The van der Waals surface area contributed by atoms with Crippen LogP contribution in [0.4, 0.5) is 4.79 Å². The average Bonchev–Trinajstić information content (AvgIpc) is 3.15. The molecule has 3 amide bonds. The maximum Gasteiger partial charge on any atom is 0.319 e. The van der Waals surface area contributed by atoms with Crippen LogP contribution >= 0.6 is 0 Å². The number of carbonyl (C=O) groups is 3. The van der Waals surface area contributed by atoms with Gasteiger partial charge in [0, 0.05) is 6.54 Å². The molecule has 180 valence electrons. The second kappa shape index (κ2) is 12.0. The molecule has 3 N–H and O–H groups in total. The number of urea groups is 1. The minimum absolute atomic E-state index is 0.138. The van der Waals surface area contributed by atoms with E-state index in [0.717, 1.165) is 11.1 Å². The molecule has 0 radical (unpaired) electrons. The summed E-state index contributed by atoms with van der Waals surface area (Å²) in [5, 5.41) is 15.7. The molecule has 1 unspecified atom stereocenters. The number of allylic oxidation sites excluding steroid dienone is 1. The van der Waals surface area contributed by atoms with E-state index in [1.807, 2.05) is 86.7 Å². The number of nitrogens with zero attached hydrogens (tertiary/aromatic N) is 1. The van der Waals surface area contributed by atoms with E-state index in [1.165, 1.54) is 0 Å². The third-order valence-corrected chi connectivity index (χ3v) is 5.95. The Balaban J connectivity index is 1.73. The summed E-state index contributed by atoms with van der Waals surface area (Å²) >= 11 is 0. The van der Waals surface area contributed by atoms with Gasteiger partial charge in [-0.15, -0.1) is 0 Å². The highest BCUT2D eigenvalue weighted by Crippen LogP contribution is 2.26. The Morgan fingerprint density at radius 1 is 1.09 bits per heavy atom. The monoisotopic (exact) mass is 463 g/mol. The van der Waals surface area contributed by atoms with Crippen molar-refractivity contribution in [2.45, 2.75) is 39.4 Å². The second-order valence-electron chi connectivity index (χ2n) is 9.05. The van der Waals surface area contributed by atoms with Crippen LogP contribution in [0.3, 0.4) is 0 Å². The van der Waals surface area contributed by atoms with Crippen LogP contribution in [-0.2, 0) is 16.1 Å². The van der Waals surface area contributed by atoms with Gasteiger partial charge in [-0.25, -0.2) is 4.79 Å². The number of rotatable bonds is 11. The lowest BCUT2D eigenvalue weighted by atomic mass is 9.82. The molecule has 0 spiro atoms. The van der Waals surface area contributed by atoms with Crippen molar-refractivity contribution in [1.82, 2.24) is 15.5 Å². The van der Waals surface area contributed by atoms with Gasteiger partial charge >= 0.3 is 12.0 Å². The number of carbonyl (C=O) groups excluding carboxylic acids is 2. The Morgan fingerprint density at radius 2 is 1.74 bits per heavy atom. The SMILES string of the molecule is CC(C)C[C@@H](C(=O)NC1CNC(=O)N1Cc1ccccc1)[C@H](CC=Cc1ccccc1)C(=O)O. The zero-order valence-electron chi connectivity index (χ0n) is 19.7. The van der Waals surface area contributed by atoms with Crippen LogP contribution in [0.1, 0.15) is 37.8 Å². The minimum atomic E-state index is -1.000. The predicted octanol–water partition coefficient (Wildman–Crippen LogP) is 4.12. The maximum absolute atomic E-state index is 13.4. The van der Waals surface area contributed by atoms with Crippen molar-refractivity contribution in [2.24, 2.45) is 17.8 Å². The van der Waals surface area contributed by atoms with Gasteiger partial charge in [-0.3, -0.25) is 14.5 Å². The first-order valence-corrected chi connectivity index (χ1v) is 11.7. The van der Waals surface area contributed by atoms with Gasteiger partial charge < -0.3 is 15.7 Å². The van der Waals surface area contributed by atoms with Gasteiger partial charge in [0.1, 0.15) is 6.17 Å². The van der Waals surface area contributed by atoms with Gasteiger partial charge in [-0.05, 0) is 29.9 Å². The van der Waals surface area contributed by atoms with Crippen molar-refractivity contribution in [3.05, 3.63) is 77.9 Å². The summed E-state index contributed by atoms with van der Waals surface area (Å²) in [5.41, 5.74) is 1.93. The van der Waals surface area contributed by atoms with E-state index < -0.39 is 24.0 Å². The molecule has 1 heterocycles. The lowest BCUT2D eigenvalue weighted by molar-refractivity contribution is -0.148. The van der Waals surface area contributed by atoms with Gasteiger partial charge in [0.05, 0.1) is 18.4 Å². The van der Waals surface area contributed by atoms with Crippen LogP contribution < -0.4 is 10.6 Å². The van der Waals surface area contributed by atoms with Crippen molar-refractivity contribution >= 4 is 24.0 Å². The van der Waals surface area contributed by atoms with Crippen LogP contribution in [0.15, 0.2) is 66.7 Å². The highest BCUT2D eigenvalue weighted by molar-refractivity contribution is 5.86. The van der Waals surface area contributed by atoms with Crippen LogP contribution in [-0.4, -0.2) is 40.6 Å². The zero-order valence-corrected chi connectivity index (χ0v) is 19.7. The van der Waals surface area contributed by atoms with Gasteiger partial charge in [0.2, 0.25) is 5.91 Å². The van der Waals surface area contributed by atoms with E-state index in [9.17, 15) is 19.5 Å². The summed E-state index contributed by atoms with van der Waals surface area (Å²) in [4.78, 5) is 39.5. The fourth-order valence-corrected chi connectivity index (χ4v) is 4.21. The normalized spacial score (nSPS) is 17.6. The number of aliphatic carboxylic acids is 1. The standard InChI is InChI=1S/C27H33N3O4/c1-19(2)16-23(22(26(32)33)15-9-14-20-10-5-3-6-11-20)25(31)29-24-17-28-27(34)30(24)18-21-12-7-4-8-13-21/h3-14,19,22-24H,15-18H2,1-2H3,(H,28,34)(H,29,31)(H,32,33)/t22-,23+,24?/m0/s1. The van der Waals surface area contributed by atoms with Crippen LogP contribution in [0.25, 0.3) is 6.08 Å². The summed E-state index contributed by atoms with van der Waals surface area (Å²) in [6.45, 7) is 4.58. The first-order valence-electron chi connectivity index (χ1n) is 11.7. The van der Waals surface area contributed by atoms with E-state index in [1.54, 1.807) is 4.90 Å². The second-order valence-corrected chi connectivity index (χ2v) is 9.05. The molecule has 3 atom stereocenters. The summed E-state index contributed by atoms with van der Waals surface area (Å²) in [7, 11) is 0. The third kappa shape index (κ3) is 6.94. The first-order chi connectivity index (χ1) is 16.3. The van der Waals surface area contributed by atoms with Crippen LogP contribution in [0.2, 0.25) is 0 Å². The molecular formula is C27H33N3O4. The predicted molar refractivity (Wildman–Crippen MR) is 131 cm³/mol. The Hall–Kier alpha value is -3.61. The minimum Gasteiger partial charge on any atom is -0.481 e. The van der Waals surface area contributed by atoms with Crippen LogP contribution in [0.5, 0.6) is 0 Å². The van der Waals surface area contributed by atoms with Gasteiger partial charge in [-0.2, -0.15) is 0 Å². The Morgan fingerprint density at radius 3 is 2.35 bits per heavy atom. The molecular weight excluding hydrogens is 430 g/mol. The highest BCUT2D eigenvalue weighted by atomic mass is 16.4. The number of hydrogen-bond donors (Lipinski definition) is 3. The van der Waals surface area contributed by atoms with E-state index >= 15 is 0 Å². The lowest BCUT2D eigenvalue weighted by Gasteiger charge is -2.29. The molecule has 2 aromatic rings. The number of carboxylic acids is 1. The summed E-state index contributed by atoms with van der Waals surface area (Å²) in [5.74, 6) is -2.78. The van der Waals surface area contributed by atoms with Gasteiger partial charge in [0.25, 0.3) is 0 Å². The van der Waals surface area contributed by atoms with E-state index in [2.05, 4.69) is 10.6 Å². The summed E-state index contributed by atoms with van der Waals surface area (Å²) in [6.07, 6.45) is 3.84. The van der Waals surface area contributed by atoms with Crippen molar-refractivity contribution in [1.29, 1.82) is 0 Å². The van der Waals surface area contributed by atoms with Crippen LogP contribution in [0, 0.1) is 17.8 Å². The molecule has 3 rings (SSSR count). The smallest absolute Gasteiger partial charge is 0.319 e. The van der Waals surface area contributed by atoms with Gasteiger partial charge in [0.15, 0.2) is 0 Å². The van der Waals surface area contributed by atoms with Crippen molar-refractivity contribution < 1.29 is 19.5 Å². The van der Waals surface area contributed by atoms with Gasteiger partial charge in [-0.1, -0.05) is 86.7 Å². The molecule has 1 aliphatic heterocycles. The first kappa shape index (κ1) is 25.0. The maximum atomic E-state index is 13.4. The molecule has 2 aromatic carbocycles. The van der Waals surface area contributed by atoms with E-state index in [0.29, 0.717) is 13.0 Å². The van der Waals surface area contributed by atoms with Crippen molar-refractivity contribution in [2.75, 3.05) is 6.54 Å². The number of nitrogens with one attached hydrogen (secondary N) is 2.